The minimum Gasteiger partial charge on any atom is -0.387 e. The smallest absolute Gasteiger partial charge is 0.0950 e. The summed E-state index contributed by atoms with van der Waals surface area (Å²) < 4.78 is 1.77. The maximum Gasteiger partial charge on any atom is 0.0950 e. The first-order chi connectivity index (χ1) is 7.25. The monoisotopic (exact) mass is 203 g/mol. The molecule has 78 valence electrons. The van der Waals surface area contributed by atoms with Gasteiger partial charge in [0.05, 0.1) is 24.0 Å². The van der Waals surface area contributed by atoms with Gasteiger partial charge in [-0.25, -0.2) is 0 Å². The van der Waals surface area contributed by atoms with E-state index < -0.39 is 6.10 Å². The van der Waals surface area contributed by atoms with E-state index in [9.17, 15) is 5.11 Å². The number of rotatable bonds is 3. The Morgan fingerprint density at radius 2 is 2.27 bits per heavy atom. The molecule has 2 aromatic heterocycles. The Kier molecular flexibility index (Phi) is 2.78. The first-order valence-corrected chi connectivity index (χ1v) is 4.87. The largest absolute Gasteiger partial charge is 0.387 e. The number of pyridine rings is 1. The lowest BCUT2D eigenvalue weighted by atomic mass is 10.3. The van der Waals surface area contributed by atoms with Gasteiger partial charge >= 0.3 is 0 Å². The molecule has 2 rings (SSSR count). The second-order valence-electron chi connectivity index (χ2n) is 3.44. The van der Waals surface area contributed by atoms with Crippen LogP contribution in [0.3, 0.4) is 0 Å². The third-order valence-corrected chi connectivity index (χ3v) is 2.14. The summed E-state index contributed by atoms with van der Waals surface area (Å²) in [5.74, 6) is 0. The third kappa shape index (κ3) is 2.41. The molecular formula is C11H13N3O. The van der Waals surface area contributed by atoms with Gasteiger partial charge in [0.15, 0.2) is 0 Å². The van der Waals surface area contributed by atoms with Crippen molar-refractivity contribution in [3.05, 3.63) is 48.0 Å². The van der Waals surface area contributed by atoms with Gasteiger partial charge in [0.25, 0.3) is 0 Å². The summed E-state index contributed by atoms with van der Waals surface area (Å²) >= 11 is 0. The van der Waals surface area contributed by atoms with E-state index in [0.29, 0.717) is 12.2 Å². The molecule has 0 radical (unpaired) electrons. The minimum atomic E-state index is -0.519. The second kappa shape index (κ2) is 4.23. The van der Waals surface area contributed by atoms with E-state index in [-0.39, 0.29) is 0 Å². The quantitative estimate of drug-likeness (QED) is 0.819. The van der Waals surface area contributed by atoms with Crippen molar-refractivity contribution < 1.29 is 5.11 Å². The zero-order chi connectivity index (χ0) is 10.7. The van der Waals surface area contributed by atoms with E-state index in [1.54, 1.807) is 17.8 Å². The molecule has 0 saturated heterocycles. The molecule has 0 spiro atoms. The van der Waals surface area contributed by atoms with Gasteiger partial charge in [-0.3, -0.25) is 9.67 Å². The van der Waals surface area contributed by atoms with Crippen molar-refractivity contribution in [2.24, 2.45) is 0 Å². The molecule has 0 aliphatic rings. The van der Waals surface area contributed by atoms with Gasteiger partial charge in [-0.15, -0.1) is 0 Å². The van der Waals surface area contributed by atoms with Crippen LogP contribution < -0.4 is 0 Å². The van der Waals surface area contributed by atoms with E-state index in [0.717, 1.165) is 5.69 Å². The van der Waals surface area contributed by atoms with Gasteiger partial charge in [0.1, 0.15) is 0 Å². The Labute approximate surface area is 88.2 Å². The van der Waals surface area contributed by atoms with Crippen LogP contribution >= 0.6 is 0 Å². The first-order valence-electron chi connectivity index (χ1n) is 4.87. The molecule has 4 heteroatoms. The highest BCUT2D eigenvalue weighted by molar-refractivity contribution is 5.06. The second-order valence-corrected chi connectivity index (χ2v) is 3.44. The molecule has 4 nitrogen and oxygen atoms in total. The summed E-state index contributed by atoms with van der Waals surface area (Å²) in [6.07, 6.45) is 3.08. The number of nitrogens with zero attached hydrogens (tertiary/aromatic N) is 3. The molecule has 0 saturated carbocycles. The standard InChI is InChI=1S/C11H13N3O/c1-9(15)11-5-7-14(13-11)8-10-4-2-3-6-12-10/h2-7,9,15H,8H2,1H3/t9-/m1/s1. The molecule has 0 aliphatic carbocycles. The fraction of sp³-hybridized carbons (Fsp3) is 0.273. The average Bonchev–Trinajstić information content (AvgIpc) is 2.68. The predicted molar refractivity (Wildman–Crippen MR) is 56.2 cm³/mol. The van der Waals surface area contributed by atoms with Gasteiger partial charge in [-0.2, -0.15) is 5.10 Å². The lowest BCUT2D eigenvalue weighted by molar-refractivity contribution is 0.193. The van der Waals surface area contributed by atoms with Crippen molar-refractivity contribution in [1.29, 1.82) is 0 Å². The Balaban J connectivity index is 2.12. The number of aliphatic hydroxyl groups excluding tert-OH is 1. The van der Waals surface area contributed by atoms with Crippen molar-refractivity contribution in [2.45, 2.75) is 19.6 Å². The highest BCUT2D eigenvalue weighted by Gasteiger charge is 2.04. The van der Waals surface area contributed by atoms with Gasteiger partial charge in [0.2, 0.25) is 0 Å². The SMILES string of the molecule is C[C@@H](O)c1ccn(Cc2ccccn2)n1. The van der Waals surface area contributed by atoms with Crippen LogP contribution in [-0.2, 0) is 6.54 Å². The predicted octanol–water partition coefficient (Wildman–Crippen LogP) is 1.38. The van der Waals surface area contributed by atoms with Crippen LogP contribution in [0.4, 0.5) is 0 Å². The van der Waals surface area contributed by atoms with Crippen LogP contribution in [0, 0.1) is 0 Å². The maximum atomic E-state index is 9.31. The highest BCUT2D eigenvalue weighted by atomic mass is 16.3. The molecule has 0 unspecified atom stereocenters. The minimum absolute atomic E-state index is 0.519. The van der Waals surface area contributed by atoms with E-state index >= 15 is 0 Å². The van der Waals surface area contributed by atoms with Crippen molar-refractivity contribution in [1.82, 2.24) is 14.8 Å². The maximum absolute atomic E-state index is 9.31. The van der Waals surface area contributed by atoms with Gasteiger partial charge in [-0.05, 0) is 25.1 Å². The van der Waals surface area contributed by atoms with Gasteiger partial charge in [-0.1, -0.05) is 6.07 Å². The number of hydrogen-bond donors (Lipinski definition) is 1. The fourth-order valence-corrected chi connectivity index (χ4v) is 1.35. The Hall–Kier alpha value is -1.68. The Morgan fingerprint density at radius 3 is 2.87 bits per heavy atom. The molecule has 15 heavy (non-hydrogen) atoms. The van der Waals surface area contributed by atoms with E-state index in [1.807, 2.05) is 30.5 Å². The Bertz CT molecular complexity index is 422. The summed E-state index contributed by atoms with van der Waals surface area (Å²) in [5, 5.41) is 13.5. The summed E-state index contributed by atoms with van der Waals surface area (Å²) in [6, 6.07) is 7.59. The van der Waals surface area contributed by atoms with Crippen LogP contribution in [0.1, 0.15) is 24.4 Å². The fourth-order valence-electron chi connectivity index (χ4n) is 1.35. The summed E-state index contributed by atoms with van der Waals surface area (Å²) in [6.45, 7) is 2.33. The first kappa shape index (κ1) is 9.86. The van der Waals surface area contributed by atoms with Crippen LogP contribution in [0.2, 0.25) is 0 Å². The summed E-state index contributed by atoms with van der Waals surface area (Å²) in [4.78, 5) is 4.20. The molecule has 0 aliphatic heterocycles. The topological polar surface area (TPSA) is 50.9 Å². The lowest BCUT2D eigenvalue weighted by Gasteiger charge is -2.01. The molecule has 1 N–H and O–H groups in total. The average molecular weight is 203 g/mol. The zero-order valence-corrected chi connectivity index (χ0v) is 8.54. The van der Waals surface area contributed by atoms with Crippen LogP contribution in [0.15, 0.2) is 36.7 Å². The van der Waals surface area contributed by atoms with Gasteiger partial charge in [0, 0.05) is 12.4 Å². The zero-order valence-electron chi connectivity index (χ0n) is 8.54. The van der Waals surface area contributed by atoms with Crippen molar-refractivity contribution in [2.75, 3.05) is 0 Å². The van der Waals surface area contributed by atoms with Crippen molar-refractivity contribution in [3.8, 4) is 0 Å². The van der Waals surface area contributed by atoms with E-state index in [4.69, 9.17) is 0 Å². The molecule has 1 atom stereocenters. The van der Waals surface area contributed by atoms with Gasteiger partial charge < -0.3 is 5.11 Å². The third-order valence-electron chi connectivity index (χ3n) is 2.14. The molecule has 0 amide bonds. The van der Waals surface area contributed by atoms with Crippen LogP contribution in [-0.4, -0.2) is 19.9 Å². The normalized spacial score (nSPS) is 12.7. The number of aliphatic hydroxyl groups is 1. The van der Waals surface area contributed by atoms with E-state index in [2.05, 4.69) is 10.1 Å². The summed E-state index contributed by atoms with van der Waals surface area (Å²) in [7, 11) is 0. The van der Waals surface area contributed by atoms with Crippen LogP contribution in [0.5, 0.6) is 0 Å². The molecule has 0 fully saturated rings. The number of aromatic nitrogens is 3. The Morgan fingerprint density at radius 1 is 1.40 bits per heavy atom. The molecule has 2 heterocycles. The summed E-state index contributed by atoms with van der Waals surface area (Å²) in [5.41, 5.74) is 1.64. The molecule has 0 bridgehead atoms. The highest BCUT2D eigenvalue weighted by Crippen LogP contribution is 2.08. The lowest BCUT2D eigenvalue weighted by Crippen LogP contribution is -2.03. The molecular weight excluding hydrogens is 190 g/mol. The molecule has 2 aromatic rings. The van der Waals surface area contributed by atoms with Crippen molar-refractivity contribution in [3.63, 3.8) is 0 Å². The van der Waals surface area contributed by atoms with E-state index in [1.165, 1.54) is 0 Å². The van der Waals surface area contributed by atoms with Crippen LogP contribution in [0.25, 0.3) is 0 Å². The number of hydrogen-bond acceptors (Lipinski definition) is 3. The van der Waals surface area contributed by atoms with Crippen molar-refractivity contribution >= 4 is 0 Å². The molecule has 0 aromatic carbocycles.